The molecule has 2 nitrogen and oxygen atoms in total. The number of hydrogen-bond donors (Lipinski definition) is 1. The Kier molecular flexibility index (Phi) is 4.05. The van der Waals surface area contributed by atoms with Crippen LogP contribution >= 0.6 is 0 Å². The van der Waals surface area contributed by atoms with Gasteiger partial charge in [0.2, 0.25) is 0 Å². The molecule has 0 spiro atoms. The summed E-state index contributed by atoms with van der Waals surface area (Å²) in [6.07, 6.45) is 11.6. The Hall–Kier alpha value is -0.520. The first kappa shape index (κ1) is 11.0. The predicted octanol–water partition coefficient (Wildman–Crippen LogP) is 1.47. The predicted molar refractivity (Wildman–Crippen MR) is 63.6 cm³/mol. The molecule has 0 amide bonds. The SMILES string of the molecule is C#CCC1CCN(C2CCNCC2)CC1. The third-order valence-corrected chi connectivity index (χ3v) is 3.88. The highest BCUT2D eigenvalue weighted by atomic mass is 15.2. The van der Waals surface area contributed by atoms with Crippen molar-refractivity contribution in [2.24, 2.45) is 5.92 Å². The van der Waals surface area contributed by atoms with E-state index < -0.39 is 0 Å². The molecular formula is C13H22N2. The molecule has 2 heterocycles. The van der Waals surface area contributed by atoms with Gasteiger partial charge < -0.3 is 10.2 Å². The zero-order valence-corrected chi connectivity index (χ0v) is 9.54. The van der Waals surface area contributed by atoms with Crippen LogP contribution in [0.25, 0.3) is 0 Å². The fraction of sp³-hybridized carbons (Fsp3) is 0.846. The van der Waals surface area contributed by atoms with E-state index in [1.165, 1.54) is 51.9 Å². The third kappa shape index (κ3) is 2.96. The minimum atomic E-state index is 0.799. The quantitative estimate of drug-likeness (QED) is 0.688. The van der Waals surface area contributed by atoms with Crippen molar-refractivity contribution in [3.05, 3.63) is 0 Å². The molecule has 0 atom stereocenters. The van der Waals surface area contributed by atoms with Crippen molar-refractivity contribution in [2.75, 3.05) is 26.2 Å². The van der Waals surface area contributed by atoms with Gasteiger partial charge in [-0.1, -0.05) is 0 Å². The summed E-state index contributed by atoms with van der Waals surface area (Å²) in [7, 11) is 0. The number of likely N-dealkylation sites (tertiary alicyclic amines) is 1. The van der Waals surface area contributed by atoms with Crippen molar-refractivity contribution in [2.45, 2.75) is 38.1 Å². The molecule has 2 rings (SSSR count). The van der Waals surface area contributed by atoms with Gasteiger partial charge in [0.05, 0.1) is 0 Å². The van der Waals surface area contributed by atoms with E-state index in [9.17, 15) is 0 Å². The minimum Gasteiger partial charge on any atom is -0.317 e. The Balaban J connectivity index is 1.75. The number of rotatable bonds is 2. The van der Waals surface area contributed by atoms with Crippen LogP contribution in [0.15, 0.2) is 0 Å². The molecule has 2 saturated heterocycles. The molecule has 0 aromatic carbocycles. The van der Waals surface area contributed by atoms with E-state index in [1.54, 1.807) is 0 Å². The van der Waals surface area contributed by atoms with Crippen LogP contribution in [0.2, 0.25) is 0 Å². The second-order valence-corrected chi connectivity index (χ2v) is 4.87. The average Bonchev–Trinajstić information content (AvgIpc) is 2.32. The molecule has 0 aromatic rings. The summed E-state index contributed by atoms with van der Waals surface area (Å²) in [5.74, 6) is 3.60. The highest BCUT2D eigenvalue weighted by Crippen LogP contribution is 2.23. The molecule has 0 saturated carbocycles. The Bertz CT molecular complexity index is 217. The maximum Gasteiger partial charge on any atom is 0.0119 e. The van der Waals surface area contributed by atoms with E-state index in [1.807, 2.05) is 0 Å². The topological polar surface area (TPSA) is 15.3 Å². The molecule has 2 heteroatoms. The average molecular weight is 206 g/mol. The largest absolute Gasteiger partial charge is 0.317 e. The van der Waals surface area contributed by atoms with Gasteiger partial charge in [-0.3, -0.25) is 0 Å². The molecule has 0 aliphatic carbocycles. The summed E-state index contributed by atoms with van der Waals surface area (Å²) in [5, 5.41) is 3.43. The maximum atomic E-state index is 5.36. The van der Waals surface area contributed by atoms with E-state index in [2.05, 4.69) is 16.1 Å². The van der Waals surface area contributed by atoms with Crippen LogP contribution in [0, 0.1) is 18.3 Å². The van der Waals surface area contributed by atoms with Crippen LogP contribution in [-0.2, 0) is 0 Å². The molecule has 0 aromatic heterocycles. The molecule has 1 N–H and O–H groups in total. The number of piperidine rings is 2. The first-order valence-electron chi connectivity index (χ1n) is 6.28. The van der Waals surface area contributed by atoms with Crippen molar-refractivity contribution >= 4 is 0 Å². The lowest BCUT2D eigenvalue weighted by Crippen LogP contribution is -2.46. The Morgan fingerprint density at radius 1 is 1.13 bits per heavy atom. The summed E-state index contributed by atoms with van der Waals surface area (Å²) in [6.45, 7) is 4.96. The smallest absolute Gasteiger partial charge is 0.0119 e. The molecule has 2 fully saturated rings. The molecule has 0 radical (unpaired) electrons. The fourth-order valence-electron chi connectivity index (χ4n) is 2.86. The molecule has 2 aliphatic rings. The summed E-state index contributed by atoms with van der Waals surface area (Å²) < 4.78 is 0. The molecule has 2 aliphatic heterocycles. The number of hydrogen-bond acceptors (Lipinski definition) is 2. The summed E-state index contributed by atoms with van der Waals surface area (Å²) in [4.78, 5) is 2.69. The monoisotopic (exact) mass is 206 g/mol. The summed E-state index contributed by atoms with van der Waals surface area (Å²) in [6, 6.07) is 0.845. The van der Waals surface area contributed by atoms with Crippen LogP contribution in [0.1, 0.15) is 32.1 Å². The maximum absolute atomic E-state index is 5.36. The molecule has 0 unspecified atom stereocenters. The van der Waals surface area contributed by atoms with Crippen LogP contribution in [0.4, 0.5) is 0 Å². The van der Waals surface area contributed by atoms with Gasteiger partial charge in [0.1, 0.15) is 0 Å². The Morgan fingerprint density at radius 3 is 2.40 bits per heavy atom. The zero-order chi connectivity index (χ0) is 10.5. The second-order valence-electron chi connectivity index (χ2n) is 4.87. The van der Waals surface area contributed by atoms with E-state index in [-0.39, 0.29) is 0 Å². The second kappa shape index (κ2) is 5.53. The van der Waals surface area contributed by atoms with Gasteiger partial charge in [-0.2, -0.15) is 0 Å². The van der Waals surface area contributed by atoms with Crippen LogP contribution in [0.5, 0.6) is 0 Å². The lowest BCUT2D eigenvalue weighted by molar-refractivity contribution is 0.112. The standard InChI is InChI=1S/C13H22N2/c1-2-3-12-6-10-15(11-7-12)13-4-8-14-9-5-13/h1,12-14H,3-11H2. The van der Waals surface area contributed by atoms with Crippen LogP contribution in [-0.4, -0.2) is 37.1 Å². The van der Waals surface area contributed by atoms with Crippen LogP contribution < -0.4 is 5.32 Å². The van der Waals surface area contributed by atoms with Gasteiger partial charge in [-0.05, 0) is 57.8 Å². The van der Waals surface area contributed by atoms with Gasteiger partial charge >= 0.3 is 0 Å². The van der Waals surface area contributed by atoms with E-state index >= 15 is 0 Å². The first-order chi connectivity index (χ1) is 7.40. The van der Waals surface area contributed by atoms with Crippen molar-refractivity contribution in [3.63, 3.8) is 0 Å². The first-order valence-corrected chi connectivity index (χ1v) is 6.28. The van der Waals surface area contributed by atoms with Crippen molar-refractivity contribution in [3.8, 4) is 12.3 Å². The Morgan fingerprint density at radius 2 is 1.80 bits per heavy atom. The highest BCUT2D eigenvalue weighted by Gasteiger charge is 2.25. The van der Waals surface area contributed by atoms with Crippen LogP contribution in [0.3, 0.4) is 0 Å². The van der Waals surface area contributed by atoms with E-state index in [4.69, 9.17) is 6.42 Å². The van der Waals surface area contributed by atoms with Gasteiger partial charge in [0.25, 0.3) is 0 Å². The number of terminal acetylenes is 1. The number of nitrogens with zero attached hydrogens (tertiary/aromatic N) is 1. The van der Waals surface area contributed by atoms with Crippen molar-refractivity contribution < 1.29 is 0 Å². The minimum absolute atomic E-state index is 0.799. The van der Waals surface area contributed by atoms with Gasteiger partial charge in [0.15, 0.2) is 0 Å². The van der Waals surface area contributed by atoms with Gasteiger partial charge in [-0.25, -0.2) is 0 Å². The lowest BCUT2D eigenvalue weighted by atomic mass is 9.92. The normalized spacial score (nSPS) is 26.3. The van der Waals surface area contributed by atoms with E-state index in [0.29, 0.717) is 0 Å². The zero-order valence-electron chi connectivity index (χ0n) is 9.54. The summed E-state index contributed by atoms with van der Waals surface area (Å²) in [5.41, 5.74) is 0. The molecule has 0 bridgehead atoms. The van der Waals surface area contributed by atoms with Gasteiger partial charge in [-0.15, -0.1) is 12.3 Å². The highest BCUT2D eigenvalue weighted by molar-refractivity contribution is 4.90. The van der Waals surface area contributed by atoms with E-state index in [0.717, 1.165) is 18.4 Å². The molecular weight excluding hydrogens is 184 g/mol. The Labute approximate surface area is 93.4 Å². The lowest BCUT2D eigenvalue weighted by Gasteiger charge is -2.39. The van der Waals surface area contributed by atoms with Crippen molar-refractivity contribution in [1.82, 2.24) is 10.2 Å². The number of nitrogens with one attached hydrogen (secondary N) is 1. The summed E-state index contributed by atoms with van der Waals surface area (Å²) >= 11 is 0. The molecule has 84 valence electrons. The molecule has 15 heavy (non-hydrogen) atoms. The fourth-order valence-corrected chi connectivity index (χ4v) is 2.86. The van der Waals surface area contributed by atoms with Gasteiger partial charge in [0, 0.05) is 12.5 Å². The van der Waals surface area contributed by atoms with Crippen molar-refractivity contribution in [1.29, 1.82) is 0 Å². The third-order valence-electron chi connectivity index (χ3n) is 3.88.